The first-order valence-corrected chi connectivity index (χ1v) is 4.81. The Hall–Kier alpha value is -2.17. The quantitative estimate of drug-likeness (QED) is 0.753. The summed E-state index contributed by atoms with van der Waals surface area (Å²) in [6.45, 7) is 1.87. The molecule has 0 spiro atoms. The SMILES string of the molecule is Cc1cnccc1-c1c[nH]c(=O)n(C)c1=O. The van der Waals surface area contributed by atoms with Gasteiger partial charge in [0.2, 0.25) is 0 Å². The van der Waals surface area contributed by atoms with E-state index in [1.807, 2.05) is 6.92 Å². The lowest BCUT2D eigenvalue weighted by Crippen LogP contribution is -2.33. The molecule has 0 radical (unpaired) electrons. The van der Waals surface area contributed by atoms with Gasteiger partial charge >= 0.3 is 5.69 Å². The maximum absolute atomic E-state index is 11.9. The van der Waals surface area contributed by atoms with E-state index in [9.17, 15) is 9.59 Å². The summed E-state index contributed by atoms with van der Waals surface area (Å²) in [5.74, 6) is 0. The first kappa shape index (κ1) is 10.4. The zero-order valence-electron chi connectivity index (χ0n) is 9.02. The summed E-state index contributed by atoms with van der Waals surface area (Å²) in [7, 11) is 1.45. The Morgan fingerprint density at radius 3 is 2.75 bits per heavy atom. The highest BCUT2D eigenvalue weighted by Gasteiger charge is 2.08. The Balaban J connectivity index is 2.77. The van der Waals surface area contributed by atoms with Crippen molar-refractivity contribution in [1.29, 1.82) is 0 Å². The fourth-order valence-electron chi connectivity index (χ4n) is 1.53. The number of hydrogen-bond donors (Lipinski definition) is 1. The van der Waals surface area contributed by atoms with Gasteiger partial charge in [-0.25, -0.2) is 4.79 Å². The van der Waals surface area contributed by atoms with Gasteiger partial charge < -0.3 is 4.98 Å². The number of H-pyrrole nitrogens is 1. The van der Waals surface area contributed by atoms with Crippen LogP contribution in [-0.2, 0) is 7.05 Å². The van der Waals surface area contributed by atoms with Crippen molar-refractivity contribution in [3.8, 4) is 11.1 Å². The Kier molecular flexibility index (Phi) is 2.44. The molecule has 0 aliphatic carbocycles. The second-order valence-electron chi connectivity index (χ2n) is 3.56. The smallest absolute Gasteiger partial charge is 0.313 e. The summed E-state index contributed by atoms with van der Waals surface area (Å²) in [5.41, 5.74) is 1.43. The van der Waals surface area contributed by atoms with E-state index in [0.717, 1.165) is 15.7 Å². The monoisotopic (exact) mass is 217 g/mol. The number of aryl methyl sites for hydroxylation is 1. The number of nitrogens with zero attached hydrogens (tertiary/aromatic N) is 2. The summed E-state index contributed by atoms with van der Waals surface area (Å²) < 4.78 is 1.05. The highest BCUT2D eigenvalue weighted by Crippen LogP contribution is 2.16. The summed E-state index contributed by atoms with van der Waals surface area (Å²) in [4.78, 5) is 29.5. The van der Waals surface area contributed by atoms with Crippen LogP contribution in [-0.4, -0.2) is 14.5 Å². The van der Waals surface area contributed by atoms with Crippen LogP contribution in [0.25, 0.3) is 11.1 Å². The van der Waals surface area contributed by atoms with Crippen LogP contribution in [0.3, 0.4) is 0 Å². The summed E-state index contributed by atoms with van der Waals surface area (Å²) in [6.07, 6.45) is 4.74. The molecule has 0 aromatic carbocycles. The average Bonchev–Trinajstić information content (AvgIpc) is 2.28. The van der Waals surface area contributed by atoms with Gasteiger partial charge in [0.15, 0.2) is 0 Å². The van der Waals surface area contributed by atoms with E-state index < -0.39 is 5.69 Å². The van der Waals surface area contributed by atoms with Crippen LogP contribution in [0.4, 0.5) is 0 Å². The summed E-state index contributed by atoms with van der Waals surface area (Å²) in [5, 5.41) is 0. The van der Waals surface area contributed by atoms with Gasteiger partial charge in [0.25, 0.3) is 5.56 Å². The maximum atomic E-state index is 11.9. The van der Waals surface area contributed by atoms with Crippen molar-refractivity contribution in [3.63, 3.8) is 0 Å². The second kappa shape index (κ2) is 3.77. The number of aromatic nitrogens is 3. The standard InChI is InChI=1S/C11H11N3O2/c1-7-5-12-4-3-8(7)9-6-13-11(16)14(2)10(9)15/h3-6H,1-2H3,(H,13,16). The lowest BCUT2D eigenvalue weighted by Gasteiger charge is -2.05. The van der Waals surface area contributed by atoms with Crippen LogP contribution in [0, 0.1) is 6.92 Å². The van der Waals surface area contributed by atoms with Crippen LogP contribution in [0.1, 0.15) is 5.56 Å². The van der Waals surface area contributed by atoms with Gasteiger partial charge in [-0.1, -0.05) is 0 Å². The van der Waals surface area contributed by atoms with E-state index in [1.165, 1.54) is 13.2 Å². The Morgan fingerprint density at radius 2 is 2.06 bits per heavy atom. The molecule has 0 bridgehead atoms. The Labute approximate surface area is 91.4 Å². The molecule has 0 aliphatic heterocycles. The van der Waals surface area contributed by atoms with Gasteiger partial charge in [0, 0.05) is 25.6 Å². The van der Waals surface area contributed by atoms with Crippen LogP contribution in [0.5, 0.6) is 0 Å². The highest BCUT2D eigenvalue weighted by atomic mass is 16.2. The molecule has 82 valence electrons. The lowest BCUT2D eigenvalue weighted by molar-refractivity contribution is 0.778. The fraction of sp³-hybridized carbons (Fsp3) is 0.182. The summed E-state index contributed by atoms with van der Waals surface area (Å²) >= 11 is 0. The first-order chi connectivity index (χ1) is 7.61. The van der Waals surface area contributed by atoms with Crippen molar-refractivity contribution in [2.75, 3.05) is 0 Å². The maximum Gasteiger partial charge on any atom is 0.328 e. The number of aromatic amines is 1. The molecule has 0 atom stereocenters. The molecule has 5 heteroatoms. The van der Waals surface area contributed by atoms with E-state index in [0.29, 0.717) is 5.56 Å². The number of nitrogens with one attached hydrogen (secondary N) is 1. The second-order valence-corrected chi connectivity index (χ2v) is 3.56. The van der Waals surface area contributed by atoms with Gasteiger partial charge in [0.05, 0.1) is 5.56 Å². The van der Waals surface area contributed by atoms with E-state index >= 15 is 0 Å². The van der Waals surface area contributed by atoms with Gasteiger partial charge in [-0.05, 0) is 24.1 Å². The minimum absolute atomic E-state index is 0.307. The third kappa shape index (κ3) is 1.56. The molecule has 2 aromatic rings. The van der Waals surface area contributed by atoms with Crippen LogP contribution in [0.2, 0.25) is 0 Å². The molecule has 0 unspecified atom stereocenters. The van der Waals surface area contributed by atoms with Crippen LogP contribution >= 0.6 is 0 Å². The molecule has 16 heavy (non-hydrogen) atoms. The lowest BCUT2D eigenvalue weighted by atomic mass is 10.1. The number of rotatable bonds is 1. The molecule has 0 amide bonds. The van der Waals surface area contributed by atoms with Crippen molar-refractivity contribution in [2.24, 2.45) is 7.05 Å². The van der Waals surface area contributed by atoms with Crippen molar-refractivity contribution in [1.82, 2.24) is 14.5 Å². The van der Waals surface area contributed by atoms with E-state index in [2.05, 4.69) is 9.97 Å². The zero-order valence-corrected chi connectivity index (χ0v) is 9.02. The molecule has 2 heterocycles. The molecule has 5 nitrogen and oxygen atoms in total. The molecule has 0 saturated carbocycles. The van der Waals surface area contributed by atoms with Gasteiger partial charge in [0.1, 0.15) is 0 Å². The molecular formula is C11H11N3O2. The molecule has 0 fully saturated rings. The Morgan fingerprint density at radius 1 is 1.31 bits per heavy atom. The highest BCUT2D eigenvalue weighted by molar-refractivity contribution is 5.64. The van der Waals surface area contributed by atoms with E-state index in [-0.39, 0.29) is 5.56 Å². The topological polar surface area (TPSA) is 67.8 Å². The summed E-state index contributed by atoms with van der Waals surface area (Å²) in [6, 6.07) is 1.75. The van der Waals surface area contributed by atoms with Gasteiger partial charge in [-0.2, -0.15) is 0 Å². The minimum atomic E-state index is -0.416. The number of hydrogen-bond acceptors (Lipinski definition) is 3. The molecule has 0 aliphatic rings. The van der Waals surface area contributed by atoms with Crippen LogP contribution in [0.15, 0.2) is 34.2 Å². The molecular weight excluding hydrogens is 206 g/mol. The minimum Gasteiger partial charge on any atom is -0.313 e. The van der Waals surface area contributed by atoms with E-state index in [1.54, 1.807) is 18.5 Å². The fourth-order valence-corrected chi connectivity index (χ4v) is 1.53. The zero-order chi connectivity index (χ0) is 11.7. The normalized spacial score (nSPS) is 10.4. The largest absolute Gasteiger partial charge is 0.328 e. The predicted molar refractivity (Wildman–Crippen MR) is 60.3 cm³/mol. The first-order valence-electron chi connectivity index (χ1n) is 4.81. The molecule has 2 aromatic heterocycles. The third-order valence-electron chi connectivity index (χ3n) is 2.49. The van der Waals surface area contributed by atoms with Gasteiger partial charge in [-0.15, -0.1) is 0 Å². The third-order valence-corrected chi connectivity index (χ3v) is 2.49. The van der Waals surface area contributed by atoms with Crippen molar-refractivity contribution in [2.45, 2.75) is 6.92 Å². The van der Waals surface area contributed by atoms with Crippen molar-refractivity contribution < 1.29 is 0 Å². The average molecular weight is 217 g/mol. The molecule has 2 rings (SSSR count). The molecule has 1 N–H and O–H groups in total. The van der Waals surface area contributed by atoms with Crippen LogP contribution < -0.4 is 11.2 Å². The van der Waals surface area contributed by atoms with Crippen molar-refractivity contribution in [3.05, 3.63) is 51.1 Å². The van der Waals surface area contributed by atoms with Gasteiger partial charge in [-0.3, -0.25) is 14.3 Å². The molecule has 0 saturated heterocycles. The predicted octanol–water partition coefficient (Wildman–Crippen LogP) is 0.444. The van der Waals surface area contributed by atoms with E-state index in [4.69, 9.17) is 0 Å². The Bertz CT molecular complexity index is 640. The van der Waals surface area contributed by atoms with Crippen molar-refractivity contribution >= 4 is 0 Å². The number of pyridine rings is 1.